The minimum atomic E-state index is -0.551. The first-order valence-electron chi connectivity index (χ1n) is 6.13. The van der Waals surface area contributed by atoms with Crippen molar-refractivity contribution in [2.24, 2.45) is 5.10 Å². The van der Waals surface area contributed by atoms with E-state index in [1.165, 1.54) is 6.21 Å². The van der Waals surface area contributed by atoms with E-state index in [4.69, 9.17) is 32.7 Å². The molecular formula is C14H9Cl2N3O3. The van der Waals surface area contributed by atoms with Crippen LogP contribution in [0.5, 0.6) is 5.88 Å². The van der Waals surface area contributed by atoms with Gasteiger partial charge in [0.1, 0.15) is 11.5 Å². The molecule has 0 fully saturated rings. The van der Waals surface area contributed by atoms with Crippen LogP contribution in [-0.2, 0) is 0 Å². The summed E-state index contributed by atoms with van der Waals surface area (Å²) in [5.74, 6) is 0.760. The zero-order valence-electron chi connectivity index (χ0n) is 11.0. The van der Waals surface area contributed by atoms with Gasteiger partial charge < -0.3 is 9.52 Å². The van der Waals surface area contributed by atoms with Gasteiger partial charge >= 0.3 is 5.69 Å². The van der Waals surface area contributed by atoms with Gasteiger partial charge in [-0.15, -0.1) is 0 Å². The largest absolute Gasteiger partial charge is 0.493 e. The Morgan fingerprint density at radius 2 is 2.05 bits per heavy atom. The lowest BCUT2D eigenvalue weighted by molar-refractivity contribution is 0.455. The van der Waals surface area contributed by atoms with Crippen molar-refractivity contribution in [3.63, 3.8) is 0 Å². The maximum Gasteiger partial charge on any atom is 0.349 e. The van der Waals surface area contributed by atoms with Crippen molar-refractivity contribution < 1.29 is 9.52 Å². The summed E-state index contributed by atoms with van der Waals surface area (Å²) in [6.45, 7) is 0. The third-order valence-corrected chi connectivity index (χ3v) is 3.57. The number of nitrogens with one attached hydrogen (secondary N) is 1. The zero-order chi connectivity index (χ0) is 15.7. The molecule has 0 saturated heterocycles. The van der Waals surface area contributed by atoms with E-state index >= 15 is 0 Å². The summed E-state index contributed by atoms with van der Waals surface area (Å²) in [5, 5.41) is 13.9. The van der Waals surface area contributed by atoms with Gasteiger partial charge in [-0.3, -0.25) is 4.98 Å². The molecule has 1 aromatic carbocycles. The van der Waals surface area contributed by atoms with Crippen molar-refractivity contribution in [2.45, 2.75) is 0 Å². The van der Waals surface area contributed by atoms with Crippen LogP contribution < -0.4 is 5.69 Å². The number of H-pyrrole nitrogens is 1. The van der Waals surface area contributed by atoms with E-state index in [1.807, 2.05) is 0 Å². The highest BCUT2D eigenvalue weighted by molar-refractivity contribution is 6.42. The lowest BCUT2D eigenvalue weighted by Gasteiger charge is -1.99. The molecule has 0 unspecified atom stereocenters. The number of rotatable bonds is 3. The van der Waals surface area contributed by atoms with Gasteiger partial charge in [0.25, 0.3) is 0 Å². The number of hydrogen-bond donors (Lipinski definition) is 2. The molecule has 0 saturated carbocycles. The molecule has 3 rings (SSSR count). The monoisotopic (exact) mass is 337 g/mol. The SMILES string of the molecule is O=c1[nH]c(O)cn1N=Cc1ccc(-c2ccc(Cl)c(Cl)c2)o1. The Kier molecular flexibility index (Phi) is 3.79. The van der Waals surface area contributed by atoms with Crippen LogP contribution in [0.2, 0.25) is 10.0 Å². The molecule has 0 aliphatic heterocycles. The summed E-state index contributed by atoms with van der Waals surface area (Å²) in [6, 6.07) is 8.59. The molecule has 0 spiro atoms. The minimum absolute atomic E-state index is 0.266. The predicted octanol–water partition coefficient (Wildman–Crippen LogP) is 3.33. The van der Waals surface area contributed by atoms with Crippen LogP contribution in [0.3, 0.4) is 0 Å². The Bertz CT molecular complexity index is 908. The Morgan fingerprint density at radius 3 is 2.73 bits per heavy atom. The first-order valence-corrected chi connectivity index (χ1v) is 6.89. The van der Waals surface area contributed by atoms with Crippen LogP contribution in [0, 0.1) is 0 Å². The first kappa shape index (κ1) is 14.5. The van der Waals surface area contributed by atoms with E-state index in [2.05, 4.69) is 10.1 Å². The van der Waals surface area contributed by atoms with Gasteiger partial charge in [0.05, 0.1) is 22.5 Å². The van der Waals surface area contributed by atoms with Crippen molar-refractivity contribution in [2.75, 3.05) is 0 Å². The average Bonchev–Trinajstić information content (AvgIpc) is 3.06. The van der Waals surface area contributed by atoms with Crippen LogP contribution in [0.15, 0.2) is 50.8 Å². The smallest absolute Gasteiger partial charge is 0.349 e. The van der Waals surface area contributed by atoms with Gasteiger partial charge in [-0.2, -0.15) is 9.78 Å². The molecule has 0 bridgehead atoms. The summed E-state index contributed by atoms with van der Waals surface area (Å²) >= 11 is 11.8. The van der Waals surface area contributed by atoms with Crippen molar-refractivity contribution in [3.8, 4) is 17.2 Å². The molecule has 2 heterocycles. The summed E-state index contributed by atoms with van der Waals surface area (Å²) in [7, 11) is 0. The maximum atomic E-state index is 11.3. The van der Waals surface area contributed by atoms with Crippen LogP contribution in [-0.4, -0.2) is 21.0 Å². The molecule has 0 aliphatic rings. The van der Waals surface area contributed by atoms with Crippen molar-refractivity contribution in [1.29, 1.82) is 0 Å². The Balaban J connectivity index is 1.86. The highest BCUT2D eigenvalue weighted by Gasteiger charge is 2.06. The summed E-state index contributed by atoms with van der Waals surface area (Å²) in [5.41, 5.74) is 0.218. The van der Waals surface area contributed by atoms with Gasteiger partial charge in [-0.1, -0.05) is 23.2 Å². The summed E-state index contributed by atoms with van der Waals surface area (Å²) in [4.78, 5) is 13.5. The minimum Gasteiger partial charge on any atom is -0.493 e. The van der Waals surface area contributed by atoms with Crippen LogP contribution >= 0.6 is 23.2 Å². The highest BCUT2D eigenvalue weighted by Crippen LogP contribution is 2.29. The maximum absolute atomic E-state index is 11.3. The quantitative estimate of drug-likeness (QED) is 0.719. The molecule has 3 aromatic rings. The van der Waals surface area contributed by atoms with Crippen molar-refractivity contribution in [1.82, 2.24) is 9.66 Å². The van der Waals surface area contributed by atoms with Crippen LogP contribution in [0.4, 0.5) is 0 Å². The van der Waals surface area contributed by atoms with E-state index < -0.39 is 5.69 Å². The fraction of sp³-hybridized carbons (Fsp3) is 0. The third-order valence-electron chi connectivity index (χ3n) is 2.83. The fourth-order valence-corrected chi connectivity index (χ4v) is 2.10. The van der Waals surface area contributed by atoms with Gasteiger partial charge in [0.15, 0.2) is 0 Å². The average molecular weight is 338 g/mol. The van der Waals surface area contributed by atoms with Crippen LogP contribution in [0.1, 0.15) is 5.76 Å². The second-order valence-electron chi connectivity index (χ2n) is 4.36. The van der Waals surface area contributed by atoms with Gasteiger partial charge in [-0.05, 0) is 30.3 Å². The van der Waals surface area contributed by atoms with E-state index in [-0.39, 0.29) is 5.88 Å². The molecule has 0 atom stereocenters. The number of nitrogens with zero attached hydrogens (tertiary/aromatic N) is 2. The topological polar surface area (TPSA) is 83.5 Å². The Hall–Kier alpha value is -2.44. The van der Waals surface area contributed by atoms with E-state index in [9.17, 15) is 4.79 Å². The third kappa shape index (κ3) is 2.93. The number of aromatic amines is 1. The number of aromatic nitrogens is 2. The number of imidazole rings is 1. The lowest BCUT2D eigenvalue weighted by atomic mass is 10.2. The second-order valence-corrected chi connectivity index (χ2v) is 5.18. The number of halogens is 2. The Labute approximate surface area is 134 Å². The standard InChI is InChI=1S/C14H9Cl2N3O3/c15-10-3-1-8(5-11(10)16)12-4-2-9(22-12)6-17-19-7-13(20)18-14(19)21/h1-7,20H,(H,18,21). The number of aromatic hydroxyl groups is 1. The first-order chi connectivity index (χ1) is 10.5. The molecule has 8 heteroatoms. The predicted molar refractivity (Wildman–Crippen MR) is 83.9 cm³/mol. The molecule has 2 N–H and O–H groups in total. The van der Waals surface area contributed by atoms with Crippen molar-refractivity contribution in [3.05, 3.63) is 62.8 Å². The molecular weight excluding hydrogens is 329 g/mol. The van der Waals surface area contributed by atoms with Crippen LogP contribution in [0.25, 0.3) is 11.3 Å². The van der Waals surface area contributed by atoms with Gasteiger partial charge in [0.2, 0.25) is 5.88 Å². The van der Waals surface area contributed by atoms with E-state index in [1.54, 1.807) is 30.3 Å². The molecule has 22 heavy (non-hydrogen) atoms. The fourth-order valence-electron chi connectivity index (χ4n) is 1.81. The van der Waals surface area contributed by atoms with E-state index in [0.29, 0.717) is 21.6 Å². The number of hydrogen-bond acceptors (Lipinski definition) is 4. The molecule has 0 radical (unpaired) electrons. The van der Waals surface area contributed by atoms with Crippen molar-refractivity contribution >= 4 is 29.4 Å². The summed E-state index contributed by atoms with van der Waals surface area (Å²) < 4.78 is 6.55. The molecule has 6 nitrogen and oxygen atoms in total. The summed E-state index contributed by atoms with van der Waals surface area (Å²) in [6.07, 6.45) is 2.51. The number of benzene rings is 1. The lowest BCUT2D eigenvalue weighted by Crippen LogP contribution is -2.11. The van der Waals surface area contributed by atoms with Gasteiger partial charge in [0, 0.05) is 5.56 Å². The normalized spacial score (nSPS) is 11.4. The second kappa shape index (κ2) is 5.75. The number of furan rings is 1. The molecule has 0 aliphatic carbocycles. The zero-order valence-corrected chi connectivity index (χ0v) is 12.5. The van der Waals surface area contributed by atoms with E-state index in [0.717, 1.165) is 16.4 Å². The Morgan fingerprint density at radius 1 is 1.23 bits per heavy atom. The van der Waals surface area contributed by atoms with Gasteiger partial charge in [-0.25, -0.2) is 4.79 Å². The molecule has 0 amide bonds. The molecule has 112 valence electrons. The molecule has 2 aromatic heterocycles. The highest BCUT2D eigenvalue weighted by atomic mass is 35.5.